The van der Waals surface area contributed by atoms with E-state index in [2.05, 4.69) is 78.0 Å². The number of hydrogen-bond donors (Lipinski definition) is 0. The summed E-state index contributed by atoms with van der Waals surface area (Å²) in [5, 5.41) is 0.314. The molecule has 2 heteroatoms. The second-order valence-corrected chi connectivity index (χ2v) is 15.5. The molecule has 0 aromatic heterocycles. The van der Waals surface area contributed by atoms with E-state index in [0.29, 0.717) is 22.9 Å². The summed E-state index contributed by atoms with van der Waals surface area (Å²) < 4.78 is 0. The summed E-state index contributed by atoms with van der Waals surface area (Å²) in [6, 6.07) is 11.7. The van der Waals surface area contributed by atoms with Crippen LogP contribution >= 0.6 is 7.92 Å². The fourth-order valence-electron chi connectivity index (χ4n) is 7.50. The summed E-state index contributed by atoms with van der Waals surface area (Å²) in [4.78, 5) is 0. The molecular formula is C33H51PPd. The summed E-state index contributed by atoms with van der Waals surface area (Å²) in [6.45, 7) is 15.0. The predicted octanol–water partition coefficient (Wildman–Crippen LogP) is 10.6. The number of allylic oxidation sites excluding steroid dienone is 4. The first kappa shape index (κ1) is 29.3. The molecule has 0 nitrogen and oxygen atoms in total. The van der Waals surface area contributed by atoms with Gasteiger partial charge in [0.25, 0.3) is 0 Å². The van der Waals surface area contributed by atoms with Crippen LogP contribution in [0.1, 0.15) is 118 Å². The largest absolute Gasteiger partial charge is 0.0888 e. The molecule has 1 aromatic rings. The van der Waals surface area contributed by atoms with Crippen LogP contribution in [0.15, 0.2) is 47.6 Å². The van der Waals surface area contributed by atoms with E-state index in [4.69, 9.17) is 0 Å². The Hall–Kier alpha value is -0.208. The maximum Gasteiger partial charge on any atom is 0.0228 e. The molecule has 35 heavy (non-hydrogen) atoms. The van der Waals surface area contributed by atoms with Crippen LogP contribution in [0.4, 0.5) is 0 Å². The fraction of sp³-hybridized carbons (Fsp3) is 0.697. The summed E-state index contributed by atoms with van der Waals surface area (Å²) >= 11 is 0. The molecule has 0 spiro atoms. The van der Waals surface area contributed by atoms with Crippen LogP contribution in [0, 0.1) is 17.8 Å². The van der Waals surface area contributed by atoms with Gasteiger partial charge in [-0.1, -0.05) is 130 Å². The van der Waals surface area contributed by atoms with Crippen LogP contribution in [0.3, 0.4) is 0 Å². The molecule has 0 N–H and O–H groups in total. The smallest absolute Gasteiger partial charge is 0.0228 e. The monoisotopic (exact) mass is 584 g/mol. The average Bonchev–Trinajstić information content (AvgIpc) is 2.85. The van der Waals surface area contributed by atoms with Crippen molar-refractivity contribution >= 4 is 13.5 Å². The van der Waals surface area contributed by atoms with Gasteiger partial charge in [-0.15, -0.1) is 0 Å². The standard InChI is InChI=1S/C33H51P.Pd/c1-24(2)28-22-31(25(3)4)32(27-16-10-7-11-17-27)33(23-28,26(5)6)34(29-18-12-8-13-19-29)30-20-14-9-15-21-30;/h7,10-11,16-17,22,24-26,29-30H,8-9,12-15,18-21,23H2,1-6H3;. The quantitative estimate of drug-likeness (QED) is 0.221. The van der Waals surface area contributed by atoms with E-state index in [1.54, 1.807) is 16.7 Å². The Morgan fingerprint density at radius 1 is 0.714 bits per heavy atom. The Balaban J connectivity index is 0.00000342. The molecule has 0 radical (unpaired) electrons. The van der Waals surface area contributed by atoms with Crippen molar-refractivity contribution in [1.29, 1.82) is 0 Å². The molecule has 2 fully saturated rings. The zero-order valence-electron chi connectivity index (χ0n) is 23.4. The molecule has 0 aliphatic heterocycles. The van der Waals surface area contributed by atoms with Crippen molar-refractivity contribution in [3.8, 4) is 0 Å². The van der Waals surface area contributed by atoms with Gasteiger partial charge in [0.1, 0.15) is 0 Å². The van der Waals surface area contributed by atoms with Crippen molar-refractivity contribution in [2.75, 3.05) is 0 Å². The molecule has 1 unspecified atom stereocenters. The van der Waals surface area contributed by atoms with E-state index < -0.39 is 0 Å². The first-order chi connectivity index (χ1) is 16.4. The van der Waals surface area contributed by atoms with E-state index in [9.17, 15) is 0 Å². The Kier molecular flexibility index (Phi) is 10.9. The molecule has 0 amide bonds. The van der Waals surface area contributed by atoms with Crippen LogP contribution in [0.5, 0.6) is 0 Å². The van der Waals surface area contributed by atoms with E-state index in [1.807, 2.05) is 0 Å². The Bertz CT molecular complexity index is 834. The number of rotatable bonds is 7. The zero-order chi connectivity index (χ0) is 24.3. The molecular weight excluding hydrogens is 534 g/mol. The van der Waals surface area contributed by atoms with E-state index in [1.165, 1.54) is 76.2 Å². The van der Waals surface area contributed by atoms with Crippen molar-refractivity contribution in [3.63, 3.8) is 0 Å². The van der Waals surface area contributed by atoms with Gasteiger partial charge in [-0.3, -0.25) is 0 Å². The van der Waals surface area contributed by atoms with Gasteiger partial charge >= 0.3 is 0 Å². The van der Waals surface area contributed by atoms with Crippen LogP contribution < -0.4 is 0 Å². The second-order valence-electron chi connectivity index (χ2n) is 12.5. The Labute approximate surface area is 232 Å². The van der Waals surface area contributed by atoms with Gasteiger partial charge in [0.05, 0.1) is 0 Å². The molecule has 4 rings (SSSR count). The minimum absolute atomic E-state index is 0. The molecule has 2 saturated carbocycles. The van der Waals surface area contributed by atoms with Gasteiger partial charge in [0.2, 0.25) is 0 Å². The van der Waals surface area contributed by atoms with Crippen molar-refractivity contribution < 1.29 is 20.4 Å². The topological polar surface area (TPSA) is 0 Å². The first-order valence-corrected chi connectivity index (χ1v) is 16.1. The van der Waals surface area contributed by atoms with E-state index >= 15 is 0 Å². The van der Waals surface area contributed by atoms with Crippen LogP contribution in [0.25, 0.3) is 5.57 Å². The third kappa shape index (κ3) is 6.11. The third-order valence-electron chi connectivity index (χ3n) is 9.31. The number of benzene rings is 1. The normalized spacial score (nSPS) is 24.9. The Morgan fingerprint density at radius 2 is 1.23 bits per heavy atom. The average molecular weight is 585 g/mol. The van der Waals surface area contributed by atoms with Gasteiger partial charge in [-0.05, 0) is 77.9 Å². The van der Waals surface area contributed by atoms with Crippen molar-refractivity contribution in [3.05, 3.63) is 53.1 Å². The number of hydrogen-bond acceptors (Lipinski definition) is 0. The van der Waals surface area contributed by atoms with Crippen molar-refractivity contribution in [1.82, 2.24) is 0 Å². The van der Waals surface area contributed by atoms with Crippen LogP contribution in [-0.4, -0.2) is 16.5 Å². The molecule has 1 aromatic carbocycles. The van der Waals surface area contributed by atoms with Gasteiger partial charge in [0.15, 0.2) is 0 Å². The van der Waals surface area contributed by atoms with Gasteiger partial charge < -0.3 is 0 Å². The first-order valence-electron chi connectivity index (χ1n) is 14.6. The third-order valence-corrected chi connectivity index (χ3v) is 13.7. The van der Waals surface area contributed by atoms with Crippen LogP contribution in [-0.2, 0) is 20.4 Å². The van der Waals surface area contributed by atoms with Gasteiger partial charge in [-0.2, -0.15) is 0 Å². The maximum atomic E-state index is 2.66. The fourth-order valence-corrected chi connectivity index (χ4v) is 12.7. The van der Waals surface area contributed by atoms with Gasteiger partial charge in [-0.25, -0.2) is 0 Å². The molecule has 198 valence electrons. The van der Waals surface area contributed by atoms with Crippen molar-refractivity contribution in [2.24, 2.45) is 17.8 Å². The molecule has 3 aliphatic rings. The molecule has 1 atom stereocenters. The van der Waals surface area contributed by atoms with Crippen LogP contribution in [0.2, 0.25) is 0 Å². The summed E-state index contributed by atoms with van der Waals surface area (Å²) in [5.74, 6) is 1.88. The summed E-state index contributed by atoms with van der Waals surface area (Å²) in [7, 11) is -0.103. The van der Waals surface area contributed by atoms with Gasteiger partial charge in [0, 0.05) is 25.6 Å². The summed E-state index contributed by atoms with van der Waals surface area (Å²) in [6.07, 6.45) is 18.8. The zero-order valence-corrected chi connectivity index (χ0v) is 25.8. The second kappa shape index (κ2) is 13.0. The summed E-state index contributed by atoms with van der Waals surface area (Å²) in [5.41, 5.74) is 8.62. The minimum atomic E-state index is -0.103. The molecule has 0 saturated heterocycles. The Morgan fingerprint density at radius 3 is 1.66 bits per heavy atom. The predicted molar refractivity (Wildman–Crippen MR) is 154 cm³/mol. The molecule has 0 bridgehead atoms. The van der Waals surface area contributed by atoms with Crippen molar-refractivity contribution in [2.45, 2.75) is 129 Å². The maximum absolute atomic E-state index is 2.66. The van der Waals surface area contributed by atoms with E-state index in [-0.39, 0.29) is 28.3 Å². The minimum Gasteiger partial charge on any atom is -0.0888 e. The molecule has 0 heterocycles. The SMILES string of the molecule is CC(C)C1=CC(C(C)C)=C(c2ccccc2)C(C(C)C)(P(C2CCCCC2)C2CCCCC2)C1.[Pd]. The van der Waals surface area contributed by atoms with E-state index in [0.717, 1.165) is 11.3 Å². The molecule has 3 aliphatic carbocycles.